The number of nitrogen functional groups attached to an aromatic ring is 1. The van der Waals surface area contributed by atoms with Gasteiger partial charge >= 0.3 is 0 Å². The van der Waals surface area contributed by atoms with E-state index in [1.165, 1.54) is 13.2 Å². The molecule has 0 radical (unpaired) electrons. The van der Waals surface area contributed by atoms with Gasteiger partial charge in [0.05, 0.1) is 17.6 Å². The highest BCUT2D eigenvalue weighted by Crippen LogP contribution is 2.22. The Morgan fingerprint density at radius 2 is 2.05 bits per heavy atom. The van der Waals surface area contributed by atoms with Gasteiger partial charge in [0.2, 0.25) is 10.0 Å². The zero-order chi connectivity index (χ0) is 14.6. The van der Waals surface area contributed by atoms with E-state index in [-0.39, 0.29) is 18.0 Å². The van der Waals surface area contributed by atoms with Gasteiger partial charge in [-0.2, -0.15) is 0 Å². The number of hydrogen-bond acceptors (Lipinski definition) is 5. The van der Waals surface area contributed by atoms with Crippen molar-refractivity contribution in [2.24, 2.45) is 0 Å². The van der Waals surface area contributed by atoms with Crippen LogP contribution in [-0.2, 0) is 14.8 Å². The number of ether oxygens (including phenoxy) is 1. The number of benzene rings is 1. The Bertz CT molecular complexity index is 543. The molecule has 19 heavy (non-hydrogen) atoms. The standard InChI is InChI=1S/C12H20N2O4S/c1-8-4-10(13)5-12(9(8)2)19(16,17)14-6-11(15)7-18-3/h4-5,11,14-15H,6-7,13H2,1-3H3. The highest BCUT2D eigenvalue weighted by molar-refractivity contribution is 7.89. The molecule has 0 bridgehead atoms. The van der Waals surface area contributed by atoms with E-state index in [0.29, 0.717) is 11.3 Å². The molecule has 0 spiro atoms. The Hall–Kier alpha value is -1.15. The molecule has 0 heterocycles. The van der Waals surface area contributed by atoms with Gasteiger partial charge in [0.1, 0.15) is 0 Å². The van der Waals surface area contributed by atoms with Crippen molar-refractivity contribution in [3.63, 3.8) is 0 Å². The van der Waals surface area contributed by atoms with E-state index in [4.69, 9.17) is 10.5 Å². The molecule has 7 heteroatoms. The lowest BCUT2D eigenvalue weighted by molar-refractivity contribution is 0.0679. The van der Waals surface area contributed by atoms with Gasteiger partial charge in [0, 0.05) is 19.3 Å². The fraction of sp³-hybridized carbons (Fsp3) is 0.500. The minimum Gasteiger partial charge on any atom is -0.399 e. The van der Waals surface area contributed by atoms with Crippen LogP contribution in [0.25, 0.3) is 0 Å². The summed E-state index contributed by atoms with van der Waals surface area (Å²) in [4.78, 5) is 0.134. The summed E-state index contributed by atoms with van der Waals surface area (Å²) >= 11 is 0. The lowest BCUT2D eigenvalue weighted by Crippen LogP contribution is -2.34. The molecule has 4 N–H and O–H groups in total. The Balaban J connectivity index is 2.95. The summed E-state index contributed by atoms with van der Waals surface area (Å²) in [6.07, 6.45) is -0.887. The van der Waals surface area contributed by atoms with E-state index in [1.807, 2.05) is 0 Å². The molecule has 0 aromatic heterocycles. The van der Waals surface area contributed by atoms with E-state index >= 15 is 0 Å². The summed E-state index contributed by atoms with van der Waals surface area (Å²) in [5, 5.41) is 9.46. The van der Waals surface area contributed by atoms with E-state index in [2.05, 4.69) is 4.72 Å². The number of methoxy groups -OCH3 is 1. The van der Waals surface area contributed by atoms with Crippen LogP contribution in [0.5, 0.6) is 0 Å². The Morgan fingerprint density at radius 1 is 1.42 bits per heavy atom. The first kappa shape index (κ1) is 15.9. The second kappa shape index (κ2) is 6.33. The van der Waals surface area contributed by atoms with Crippen LogP contribution in [0, 0.1) is 13.8 Å². The number of anilines is 1. The molecule has 0 saturated heterocycles. The van der Waals surface area contributed by atoms with Gasteiger partial charge < -0.3 is 15.6 Å². The van der Waals surface area contributed by atoms with Crippen LogP contribution in [0.4, 0.5) is 5.69 Å². The van der Waals surface area contributed by atoms with Crippen molar-refractivity contribution in [2.45, 2.75) is 24.8 Å². The molecule has 0 aliphatic heterocycles. The van der Waals surface area contributed by atoms with E-state index in [1.54, 1.807) is 19.9 Å². The van der Waals surface area contributed by atoms with Gasteiger partial charge in [-0.15, -0.1) is 0 Å². The highest BCUT2D eigenvalue weighted by Gasteiger charge is 2.19. The third kappa shape index (κ3) is 4.17. The van der Waals surface area contributed by atoms with Crippen LogP contribution >= 0.6 is 0 Å². The van der Waals surface area contributed by atoms with E-state index < -0.39 is 16.1 Å². The molecule has 1 rings (SSSR count). The molecule has 108 valence electrons. The molecule has 1 atom stereocenters. The first-order valence-electron chi connectivity index (χ1n) is 5.81. The normalized spacial score (nSPS) is 13.5. The summed E-state index contributed by atoms with van der Waals surface area (Å²) in [5.41, 5.74) is 7.50. The molecule has 1 aromatic carbocycles. The monoisotopic (exact) mass is 288 g/mol. The topological polar surface area (TPSA) is 102 Å². The van der Waals surface area contributed by atoms with Gasteiger partial charge in [-0.25, -0.2) is 13.1 Å². The number of rotatable bonds is 6. The number of aliphatic hydroxyl groups is 1. The summed E-state index contributed by atoms with van der Waals surface area (Å²) in [7, 11) is -2.26. The molecule has 0 fully saturated rings. The molecule has 0 amide bonds. The summed E-state index contributed by atoms with van der Waals surface area (Å²) in [5.74, 6) is 0. The van der Waals surface area contributed by atoms with Crippen molar-refractivity contribution in [3.8, 4) is 0 Å². The van der Waals surface area contributed by atoms with Crippen LogP contribution in [0.15, 0.2) is 17.0 Å². The minimum absolute atomic E-state index is 0.0669. The lowest BCUT2D eigenvalue weighted by Gasteiger charge is -2.14. The molecular formula is C12H20N2O4S. The maximum Gasteiger partial charge on any atom is 0.241 e. The van der Waals surface area contributed by atoms with Gasteiger partial charge in [-0.05, 0) is 37.1 Å². The van der Waals surface area contributed by atoms with Crippen molar-refractivity contribution in [1.82, 2.24) is 4.72 Å². The smallest absolute Gasteiger partial charge is 0.241 e. The van der Waals surface area contributed by atoms with Crippen molar-refractivity contribution in [2.75, 3.05) is 26.0 Å². The van der Waals surface area contributed by atoms with Crippen LogP contribution in [0.1, 0.15) is 11.1 Å². The second-order valence-corrected chi connectivity index (χ2v) is 6.16. The Morgan fingerprint density at radius 3 is 2.63 bits per heavy atom. The number of aliphatic hydroxyl groups excluding tert-OH is 1. The molecule has 0 aliphatic rings. The molecule has 6 nitrogen and oxygen atoms in total. The van der Waals surface area contributed by atoms with Crippen molar-refractivity contribution in [3.05, 3.63) is 23.3 Å². The van der Waals surface area contributed by atoms with Gasteiger partial charge in [-0.1, -0.05) is 0 Å². The SMILES string of the molecule is COCC(O)CNS(=O)(=O)c1cc(N)cc(C)c1C. The molecular weight excluding hydrogens is 268 g/mol. The van der Waals surface area contributed by atoms with Crippen molar-refractivity contribution < 1.29 is 18.3 Å². The third-order valence-electron chi connectivity index (χ3n) is 2.80. The number of nitrogens with two attached hydrogens (primary N) is 1. The largest absolute Gasteiger partial charge is 0.399 e. The fourth-order valence-electron chi connectivity index (χ4n) is 1.67. The zero-order valence-corrected chi connectivity index (χ0v) is 12.1. The van der Waals surface area contributed by atoms with Gasteiger partial charge in [0.25, 0.3) is 0 Å². The first-order chi connectivity index (χ1) is 8.77. The van der Waals surface area contributed by atoms with Crippen molar-refractivity contribution in [1.29, 1.82) is 0 Å². The van der Waals surface area contributed by atoms with Crippen LogP contribution < -0.4 is 10.5 Å². The highest BCUT2D eigenvalue weighted by atomic mass is 32.2. The Labute approximate surface area is 113 Å². The molecule has 0 aliphatic carbocycles. The van der Waals surface area contributed by atoms with Crippen LogP contribution in [0.2, 0.25) is 0 Å². The van der Waals surface area contributed by atoms with E-state index in [0.717, 1.165) is 5.56 Å². The number of hydrogen-bond donors (Lipinski definition) is 3. The minimum atomic E-state index is -3.69. The maximum atomic E-state index is 12.1. The second-order valence-electron chi connectivity index (χ2n) is 4.42. The zero-order valence-electron chi connectivity index (χ0n) is 11.3. The number of aryl methyl sites for hydroxylation is 1. The summed E-state index contributed by atoms with van der Waals surface area (Å²) in [6.45, 7) is 3.47. The van der Waals surface area contributed by atoms with Crippen molar-refractivity contribution >= 4 is 15.7 Å². The fourth-order valence-corrected chi connectivity index (χ4v) is 3.09. The molecule has 1 unspecified atom stereocenters. The van der Waals surface area contributed by atoms with E-state index in [9.17, 15) is 13.5 Å². The maximum absolute atomic E-state index is 12.1. The first-order valence-corrected chi connectivity index (χ1v) is 7.29. The third-order valence-corrected chi connectivity index (χ3v) is 4.35. The average molecular weight is 288 g/mol. The predicted molar refractivity (Wildman–Crippen MR) is 73.4 cm³/mol. The summed E-state index contributed by atoms with van der Waals surface area (Å²) < 4.78 is 31.4. The molecule has 1 aromatic rings. The molecule has 0 saturated carbocycles. The summed E-state index contributed by atoms with van der Waals surface area (Å²) in [6, 6.07) is 3.13. The van der Waals surface area contributed by atoms with Crippen LogP contribution in [0.3, 0.4) is 0 Å². The van der Waals surface area contributed by atoms with Gasteiger partial charge in [0.15, 0.2) is 0 Å². The van der Waals surface area contributed by atoms with Gasteiger partial charge in [-0.3, -0.25) is 0 Å². The number of nitrogens with one attached hydrogen (secondary N) is 1. The lowest BCUT2D eigenvalue weighted by atomic mass is 10.1. The average Bonchev–Trinajstić information content (AvgIpc) is 2.31. The predicted octanol–water partition coefficient (Wildman–Crippen LogP) is 0.171. The Kier molecular flexibility index (Phi) is 5.30. The number of sulfonamides is 1. The van der Waals surface area contributed by atoms with Crippen LogP contribution in [-0.4, -0.2) is 39.9 Å². The quantitative estimate of drug-likeness (QED) is 0.648.